The average Bonchev–Trinajstić information content (AvgIpc) is 2.81. The van der Waals surface area contributed by atoms with Crippen molar-refractivity contribution in [2.45, 2.75) is 52.4 Å². The number of pyridine rings is 1. The fraction of sp³-hybridized carbons (Fsp3) is 0.556. The van der Waals surface area contributed by atoms with Gasteiger partial charge in [-0.25, -0.2) is 4.98 Å². The molecule has 0 radical (unpaired) electrons. The van der Waals surface area contributed by atoms with E-state index in [1.54, 1.807) is 11.8 Å². The molecule has 2 heterocycles. The molecule has 0 aliphatic carbocycles. The van der Waals surface area contributed by atoms with Crippen LogP contribution < -0.4 is 4.74 Å². The Morgan fingerprint density at radius 1 is 1.05 bits per heavy atom. The molecule has 22 heavy (non-hydrogen) atoms. The minimum absolute atomic E-state index is 0.0103. The van der Waals surface area contributed by atoms with Gasteiger partial charge in [0.05, 0.1) is 19.0 Å². The van der Waals surface area contributed by atoms with Gasteiger partial charge in [-0.1, -0.05) is 41.5 Å². The van der Waals surface area contributed by atoms with Crippen molar-refractivity contribution < 1.29 is 4.74 Å². The monoisotopic (exact) mass is 301 g/mol. The van der Waals surface area contributed by atoms with Gasteiger partial charge in [-0.05, 0) is 17.0 Å². The van der Waals surface area contributed by atoms with Crippen molar-refractivity contribution in [2.75, 3.05) is 7.11 Å². The van der Waals surface area contributed by atoms with Gasteiger partial charge in [0, 0.05) is 24.2 Å². The predicted octanol–water partition coefficient (Wildman–Crippen LogP) is 4.09. The van der Waals surface area contributed by atoms with Gasteiger partial charge >= 0.3 is 0 Å². The Kier molecular flexibility index (Phi) is 4.07. The van der Waals surface area contributed by atoms with E-state index in [0.717, 1.165) is 22.7 Å². The standard InChI is InChI=1S/C18H27N3O/c1-17(2,3)13-9-14(22-8)15(12-10-19-21(7)11-12)20-16(13)18(4,5)6/h9-11H,1-8H3. The lowest BCUT2D eigenvalue weighted by Gasteiger charge is -2.30. The molecule has 2 rings (SSSR count). The lowest BCUT2D eigenvalue weighted by Crippen LogP contribution is -2.24. The number of aromatic nitrogens is 3. The van der Waals surface area contributed by atoms with Crippen molar-refractivity contribution in [3.05, 3.63) is 29.7 Å². The first-order chi connectivity index (χ1) is 10.0. The Morgan fingerprint density at radius 3 is 2.09 bits per heavy atom. The molecule has 0 amide bonds. The maximum absolute atomic E-state index is 5.61. The van der Waals surface area contributed by atoms with E-state index in [-0.39, 0.29) is 10.8 Å². The van der Waals surface area contributed by atoms with Gasteiger partial charge in [0.1, 0.15) is 11.4 Å². The Hall–Kier alpha value is -1.84. The highest BCUT2D eigenvalue weighted by Gasteiger charge is 2.29. The maximum atomic E-state index is 5.61. The summed E-state index contributed by atoms with van der Waals surface area (Å²) >= 11 is 0. The summed E-state index contributed by atoms with van der Waals surface area (Å²) in [4.78, 5) is 4.99. The maximum Gasteiger partial charge on any atom is 0.145 e. The zero-order valence-electron chi connectivity index (χ0n) is 15.0. The van der Waals surface area contributed by atoms with Crippen molar-refractivity contribution in [1.82, 2.24) is 14.8 Å². The van der Waals surface area contributed by atoms with Gasteiger partial charge in [-0.15, -0.1) is 0 Å². The van der Waals surface area contributed by atoms with E-state index in [0.29, 0.717) is 0 Å². The summed E-state index contributed by atoms with van der Waals surface area (Å²) in [5, 5.41) is 4.25. The van der Waals surface area contributed by atoms with Gasteiger partial charge in [0.2, 0.25) is 0 Å². The van der Waals surface area contributed by atoms with Crippen LogP contribution in [-0.2, 0) is 17.9 Å². The molecular formula is C18H27N3O. The summed E-state index contributed by atoms with van der Waals surface area (Å²) < 4.78 is 7.40. The zero-order valence-corrected chi connectivity index (χ0v) is 15.0. The minimum Gasteiger partial charge on any atom is -0.494 e. The molecule has 0 aliphatic rings. The Bertz CT molecular complexity index is 673. The largest absolute Gasteiger partial charge is 0.494 e. The molecule has 0 bridgehead atoms. The molecule has 120 valence electrons. The van der Waals surface area contributed by atoms with E-state index < -0.39 is 0 Å². The third-order valence-corrected chi connectivity index (χ3v) is 3.70. The van der Waals surface area contributed by atoms with Crippen LogP contribution in [0.15, 0.2) is 18.5 Å². The van der Waals surface area contributed by atoms with Gasteiger partial charge < -0.3 is 4.74 Å². The van der Waals surface area contributed by atoms with Crippen LogP contribution >= 0.6 is 0 Å². The van der Waals surface area contributed by atoms with Crippen molar-refractivity contribution in [3.63, 3.8) is 0 Å². The Labute approximate surface area is 133 Å². The summed E-state index contributed by atoms with van der Waals surface area (Å²) in [5.41, 5.74) is 4.14. The van der Waals surface area contributed by atoms with E-state index in [4.69, 9.17) is 9.72 Å². The fourth-order valence-electron chi connectivity index (χ4n) is 2.54. The van der Waals surface area contributed by atoms with Crippen LogP contribution in [0.25, 0.3) is 11.3 Å². The first kappa shape index (κ1) is 16.5. The highest BCUT2D eigenvalue weighted by molar-refractivity contribution is 5.66. The Morgan fingerprint density at radius 2 is 1.68 bits per heavy atom. The van der Waals surface area contributed by atoms with Crippen molar-refractivity contribution >= 4 is 0 Å². The van der Waals surface area contributed by atoms with Crippen LogP contribution in [0.1, 0.15) is 52.8 Å². The van der Waals surface area contributed by atoms with Gasteiger partial charge in [0.15, 0.2) is 0 Å². The second-order valence-electron chi connectivity index (χ2n) is 7.84. The summed E-state index contributed by atoms with van der Waals surface area (Å²) in [6.45, 7) is 13.2. The molecule has 2 aromatic heterocycles. The molecule has 0 unspecified atom stereocenters. The van der Waals surface area contributed by atoms with Crippen LogP contribution in [0, 0.1) is 0 Å². The van der Waals surface area contributed by atoms with Crippen LogP contribution in [0.5, 0.6) is 5.75 Å². The predicted molar refractivity (Wildman–Crippen MR) is 90.4 cm³/mol. The molecule has 0 aromatic carbocycles. The number of aryl methyl sites for hydroxylation is 1. The highest BCUT2D eigenvalue weighted by atomic mass is 16.5. The average molecular weight is 301 g/mol. The van der Waals surface area contributed by atoms with Crippen LogP contribution in [0.3, 0.4) is 0 Å². The lowest BCUT2D eigenvalue weighted by atomic mass is 9.78. The van der Waals surface area contributed by atoms with Gasteiger partial charge in [-0.2, -0.15) is 5.10 Å². The van der Waals surface area contributed by atoms with Crippen molar-refractivity contribution in [1.29, 1.82) is 0 Å². The second-order valence-corrected chi connectivity index (χ2v) is 7.84. The number of rotatable bonds is 2. The molecule has 0 atom stereocenters. The summed E-state index contributed by atoms with van der Waals surface area (Å²) in [6.07, 6.45) is 3.79. The van der Waals surface area contributed by atoms with Crippen molar-refractivity contribution in [2.24, 2.45) is 7.05 Å². The fourth-order valence-corrected chi connectivity index (χ4v) is 2.54. The van der Waals surface area contributed by atoms with E-state index >= 15 is 0 Å². The zero-order chi connectivity index (χ0) is 16.7. The van der Waals surface area contributed by atoms with Crippen LogP contribution in [-0.4, -0.2) is 21.9 Å². The van der Waals surface area contributed by atoms with Crippen molar-refractivity contribution in [3.8, 4) is 17.0 Å². The lowest BCUT2D eigenvalue weighted by molar-refractivity contribution is 0.409. The van der Waals surface area contributed by atoms with Gasteiger partial charge in [-0.3, -0.25) is 4.68 Å². The second kappa shape index (κ2) is 5.41. The molecule has 4 nitrogen and oxygen atoms in total. The molecule has 0 N–H and O–H groups in total. The first-order valence-electron chi connectivity index (χ1n) is 7.63. The van der Waals surface area contributed by atoms with E-state index in [1.165, 1.54) is 5.56 Å². The minimum atomic E-state index is -0.0359. The van der Waals surface area contributed by atoms with Gasteiger partial charge in [0.25, 0.3) is 0 Å². The number of nitrogens with zero attached hydrogens (tertiary/aromatic N) is 3. The van der Waals surface area contributed by atoms with Crippen LogP contribution in [0.2, 0.25) is 0 Å². The molecule has 0 saturated carbocycles. The molecule has 0 aliphatic heterocycles. The first-order valence-corrected chi connectivity index (χ1v) is 7.63. The molecule has 4 heteroatoms. The number of ether oxygens (including phenoxy) is 1. The number of hydrogen-bond donors (Lipinski definition) is 0. The molecule has 0 spiro atoms. The van der Waals surface area contributed by atoms with E-state index in [9.17, 15) is 0 Å². The third kappa shape index (κ3) is 3.16. The van der Waals surface area contributed by atoms with E-state index in [2.05, 4.69) is 52.7 Å². The molecule has 0 fully saturated rings. The molecule has 2 aromatic rings. The quantitative estimate of drug-likeness (QED) is 0.839. The number of methoxy groups -OCH3 is 1. The smallest absolute Gasteiger partial charge is 0.145 e. The summed E-state index contributed by atoms with van der Waals surface area (Å²) in [7, 11) is 3.60. The third-order valence-electron chi connectivity index (χ3n) is 3.70. The SMILES string of the molecule is COc1cc(C(C)(C)C)c(C(C)(C)C)nc1-c1cnn(C)c1. The van der Waals surface area contributed by atoms with E-state index in [1.807, 2.05) is 19.4 Å². The molecular weight excluding hydrogens is 274 g/mol. The molecule has 0 saturated heterocycles. The topological polar surface area (TPSA) is 39.9 Å². The highest BCUT2D eigenvalue weighted by Crippen LogP contribution is 2.38. The number of hydrogen-bond acceptors (Lipinski definition) is 3. The van der Waals surface area contributed by atoms with Crippen LogP contribution in [0.4, 0.5) is 0 Å². The normalized spacial score (nSPS) is 12.5. The summed E-state index contributed by atoms with van der Waals surface area (Å²) in [5.74, 6) is 0.797. The Balaban J connectivity index is 2.76. The summed E-state index contributed by atoms with van der Waals surface area (Å²) in [6, 6.07) is 2.13.